The highest BCUT2D eigenvalue weighted by Gasteiger charge is 2.62. The van der Waals surface area contributed by atoms with Gasteiger partial charge in [-0.05, 0) is 104 Å². The predicted molar refractivity (Wildman–Crippen MR) is 119 cm³/mol. The number of carboxylic acids is 1. The summed E-state index contributed by atoms with van der Waals surface area (Å²) in [5, 5.41) is 9.09. The van der Waals surface area contributed by atoms with Crippen molar-refractivity contribution >= 4 is 5.97 Å². The van der Waals surface area contributed by atoms with Gasteiger partial charge in [0.15, 0.2) is 0 Å². The Morgan fingerprint density at radius 2 is 1.86 bits per heavy atom. The third-order valence-corrected chi connectivity index (χ3v) is 10.5. The number of carboxylic acid groups (broad SMARTS) is 1. The molecule has 162 valence electrons. The van der Waals surface area contributed by atoms with E-state index in [2.05, 4.69) is 33.4 Å². The summed E-state index contributed by atoms with van der Waals surface area (Å²) < 4.78 is 0. The van der Waals surface area contributed by atoms with Gasteiger partial charge < -0.3 is 5.11 Å². The molecule has 29 heavy (non-hydrogen) atoms. The maximum atomic E-state index is 11.1. The fourth-order valence-corrected chi connectivity index (χ4v) is 9.19. The summed E-state index contributed by atoms with van der Waals surface area (Å²) in [6.07, 6.45) is 19.3. The van der Waals surface area contributed by atoms with Gasteiger partial charge in [-0.2, -0.15) is 0 Å². The molecule has 0 heterocycles. The zero-order valence-corrected chi connectivity index (χ0v) is 18.9. The number of allylic oxidation sites excluding steroid dienone is 2. The second-order valence-corrected chi connectivity index (χ2v) is 11.5. The van der Waals surface area contributed by atoms with Crippen LogP contribution in [-0.4, -0.2) is 11.1 Å². The van der Waals surface area contributed by atoms with Crippen LogP contribution in [0.5, 0.6) is 0 Å². The normalized spacial score (nSPS) is 47.8. The quantitative estimate of drug-likeness (QED) is 0.395. The second kappa shape index (κ2) is 7.89. The summed E-state index contributed by atoms with van der Waals surface area (Å²) in [5.74, 6) is 4.50. The van der Waals surface area contributed by atoms with Crippen molar-refractivity contribution in [3.63, 3.8) is 0 Å². The lowest BCUT2D eigenvalue weighted by Crippen LogP contribution is -2.56. The van der Waals surface area contributed by atoms with E-state index < -0.39 is 5.97 Å². The summed E-state index contributed by atoms with van der Waals surface area (Å²) in [5.41, 5.74) is 0.940. The van der Waals surface area contributed by atoms with E-state index in [9.17, 15) is 4.79 Å². The van der Waals surface area contributed by atoms with Gasteiger partial charge in [-0.3, -0.25) is 0 Å². The van der Waals surface area contributed by atoms with Crippen LogP contribution in [0.1, 0.15) is 85.0 Å². The van der Waals surface area contributed by atoms with Gasteiger partial charge in [-0.25, -0.2) is 4.79 Å². The molecule has 0 spiro atoms. The molecule has 1 N–H and O–H groups in total. The summed E-state index contributed by atoms with van der Waals surface area (Å²) in [6.45, 7) is 11.6. The number of hydrogen-bond acceptors (Lipinski definition) is 1. The predicted octanol–water partition coefficient (Wildman–Crippen LogP) is 7.11. The molecule has 4 aliphatic carbocycles. The zero-order valence-electron chi connectivity index (χ0n) is 18.9. The Morgan fingerprint density at radius 3 is 2.59 bits per heavy atom. The van der Waals surface area contributed by atoms with E-state index in [4.69, 9.17) is 5.11 Å². The van der Waals surface area contributed by atoms with Crippen molar-refractivity contribution < 1.29 is 9.90 Å². The molecular weight excluding hydrogens is 356 g/mol. The van der Waals surface area contributed by atoms with Crippen LogP contribution in [0.2, 0.25) is 0 Å². The first-order chi connectivity index (χ1) is 13.8. The minimum Gasteiger partial charge on any atom is -0.478 e. The lowest BCUT2D eigenvalue weighted by molar-refractivity contribution is -0.139. The maximum absolute atomic E-state index is 11.1. The molecule has 0 aromatic carbocycles. The SMILES string of the molecule is C=CCC1CC2CCCC[C@]2(C)[C@H]2CC[C@]3(C)[C@@H]([C@H](C)C=CC(=O)O)CC[C@H]3[C@H]12. The number of carbonyl (C=O) groups is 1. The summed E-state index contributed by atoms with van der Waals surface area (Å²) in [6, 6.07) is 0. The maximum Gasteiger partial charge on any atom is 0.327 e. The summed E-state index contributed by atoms with van der Waals surface area (Å²) in [4.78, 5) is 11.1. The van der Waals surface area contributed by atoms with Gasteiger partial charge in [0.1, 0.15) is 0 Å². The minimum absolute atomic E-state index is 0.358. The summed E-state index contributed by atoms with van der Waals surface area (Å²) in [7, 11) is 0. The fraction of sp³-hybridized carbons (Fsp3) is 0.815. The van der Waals surface area contributed by atoms with Crippen LogP contribution < -0.4 is 0 Å². The van der Waals surface area contributed by atoms with Crippen LogP contribution in [0, 0.1) is 52.3 Å². The lowest BCUT2D eigenvalue weighted by atomic mass is 9.42. The average molecular weight is 399 g/mol. The molecule has 9 atom stereocenters. The van der Waals surface area contributed by atoms with Crippen LogP contribution in [-0.2, 0) is 4.79 Å². The molecule has 0 radical (unpaired) electrons. The van der Waals surface area contributed by atoms with E-state index in [1.807, 2.05) is 6.08 Å². The molecule has 0 aromatic rings. The lowest BCUT2D eigenvalue weighted by Gasteiger charge is -2.63. The van der Waals surface area contributed by atoms with Crippen molar-refractivity contribution in [2.24, 2.45) is 52.3 Å². The van der Waals surface area contributed by atoms with Gasteiger partial charge in [-0.15, -0.1) is 6.58 Å². The molecule has 0 saturated heterocycles. The average Bonchev–Trinajstić information content (AvgIpc) is 3.03. The Bertz CT molecular complexity index is 665. The molecule has 4 aliphatic rings. The Balaban J connectivity index is 1.63. The smallest absolute Gasteiger partial charge is 0.327 e. The van der Waals surface area contributed by atoms with Gasteiger partial charge in [-0.1, -0.05) is 45.8 Å². The monoisotopic (exact) mass is 398 g/mol. The highest BCUT2D eigenvalue weighted by atomic mass is 16.4. The van der Waals surface area contributed by atoms with Gasteiger partial charge in [0.25, 0.3) is 0 Å². The van der Waals surface area contributed by atoms with Crippen molar-refractivity contribution in [3.8, 4) is 0 Å². The van der Waals surface area contributed by atoms with Crippen LogP contribution in [0.4, 0.5) is 0 Å². The molecule has 2 heteroatoms. The van der Waals surface area contributed by atoms with E-state index >= 15 is 0 Å². The van der Waals surface area contributed by atoms with Gasteiger partial charge in [0.2, 0.25) is 0 Å². The Morgan fingerprint density at radius 1 is 1.10 bits per heavy atom. The molecule has 2 nitrogen and oxygen atoms in total. The van der Waals surface area contributed by atoms with E-state index in [-0.39, 0.29) is 0 Å². The van der Waals surface area contributed by atoms with Crippen LogP contribution >= 0.6 is 0 Å². The van der Waals surface area contributed by atoms with Crippen molar-refractivity contribution in [1.82, 2.24) is 0 Å². The largest absolute Gasteiger partial charge is 0.478 e. The molecule has 0 aromatic heterocycles. The van der Waals surface area contributed by atoms with E-state index in [0.717, 1.165) is 29.6 Å². The molecule has 0 amide bonds. The van der Waals surface area contributed by atoms with Gasteiger partial charge >= 0.3 is 5.97 Å². The van der Waals surface area contributed by atoms with Crippen molar-refractivity contribution in [1.29, 1.82) is 0 Å². The molecule has 4 fully saturated rings. The fourth-order valence-electron chi connectivity index (χ4n) is 9.19. The van der Waals surface area contributed by atoms with Crippen LogP contribution in [0.3, 0.4) is 0 Å². The third-order valence-electron chi connectivity index (χ3n) is 10.5. The van der Waals surface area contributed by atoms with Crippen molar-refractivity contribution in [2.45, 2.75) is 85.0 Å². The Labute approximate surface area is 178 Å². The van der Waals surface area contributed by atoms with E-state index in [0.29, 0.717) is 22.7 Å². The third kappa shape index (κ3) is 3.43. The highest BCUT2D eigenvalue weighted by molar-refractivity contribution is 5.79. The molecular formula is C27H42O2. The number of hydrogen-bond donors (Lipinski definition) is 1. The minimum atomic E-state index is -0.810. The molecule has 2 unspecified atom stereocenters. The number of rotatable bonds is 5. The first-order valence-electron chi connectivity index (χ1n) is 12.3. The first kappa shape index (κ1) is 21.2. The van der Waals surface area contributed by atoms with Crippen LogP contribution in [0.15, 0.2) is 24.8 Å². The molecule has 4 rings (SSSR count). The number of aliphatic carboxylic acids is 1. The van der Waals surface area contributed by atoms with E-state index in [1.54, 1.807) is 0 Å². The Kier molecular flexibility index (Phi) is 5.77. The van der Waals surface area contributed by atoms with Crippen molar-refractivity contribution in [3.05, 3.63) is 24.8 Å². The highest BCUT2D eigenvalue weighted by Crippen LogP contribution is 2.69. The van der Waals surface area contributed by atoms with Crippen LogP contribution in [0.25, 0.3) is 0 Å². The topological polar surface area (TPSA) is 37.3 Å². The van der Waals surface area contributed by atoms with E-state index in [1.165, 1.54) is 70.3 Å². The number of fused-ring (bicyclic) bond motifs is 5. The molecule has 4 saturated carbocycles. The second-order valence-electron chi connectivity index (χ2n) is 11.5. The zero-order chi connectivity index (χ0) is 20.8. The molecule has 0 aliphatic heterocycles. The first-order valence-corrected chi connectivity index (χ1v) is 12.3. The van der Waals surface area contributed by atoms with Gasteiger partial charge in [0.05, 0.1) is 0 Å². The standard InChI is InChI=1S/C27H42O2/c1-5-8-19-17-20-9-6-7-15-26(20,3)23-14-16-27(4)21(11-12-22(27)25(19)23)18(2)10-13-24(28)29/h5,10,13,18-23,25H,1,6-9,11-12,14-17H2,2-4H3,(H,28,29)/t18-,19?,20?,21-,22+,23+,25+,26+,27-/m1/s1. The Hall–Kier alpha value is -1.05. The van der Waals surface area contributed by atoms with Gasteiger partial charge in [0, 0.05) is 6.08 Å². The molecule has 0 bridgehead atoms. The summed E-state index contributed by atoms with van der Waals surface area (Å²) >= 11 is 0. The van der Waals surface area contributed by atoms with Crippen molar-refractivity contribution in [2.75, 3.05) is 0 Å².